The maximum Gasteiger partial charge on any atom is 0.329 e. The van der Waals surface area contributed by atoms with Crippen molar-refractivity contribution in [3.8, 4) is 0 Å². The summed E-state index contributed by atoms with van der Waals surface area (Å²) in [6.45, 7) is 1.59. The topological polar surface area (TPSA) is 83.4 Å². The molecule has 29 heavy (non-hydrogen) atoms. The number of nitrogens with one attached hydrogen (secondary N) is 2. The van der Waals surface area contributed by atoms with Crippen LogP contribution in [0.25, 0.3) is 17.0 Å². The van der Waals surface area contributed by atoms with Gasteiger partial charge in [0.1, 0.15) is 12.2 Å². The number of hydrogen-bond acceptors (Lipinski definition) is 3. The van der Waals surface area contributed by atoms with E-state index >= 15 is 0 Å². The number of aromatic nitrogens is 1. The van der Waals surface area contributed by atoms with Crippen molar-refractivity contribution in [3.05, 3.63) is 71.6 Å². The lowest BCUT2D eigenvalue weighted by Gasteiger charge is -2.12. The number of imide groups is 1. The first-order valence-electron chi connectivity index (χ1n) is 9.17. The summed E-state index contributed by atoms with van der Waals surface area (Å²) in [4.78, 5) is 38.1. The minimum absolute atomic E-state index is 0.148. The predicted molar refractivity (Wildman–Crippen MR) is 111 cm³/mol. The molecule has 2 heterocycles. The minimum atomic E-state index is -0.611. The van der Waals surface area contributed by atoms with E-state index in [0.717, 1.165) is 26.9 Å². The number of para-hydroxylation sites is 1. The molecule has 0 unspecified atom stereocenters. The Balaban J connectivity index is 1.51. The van der Waals surface area contributed by atoms with Gasteiger partial charge in [-0.1, -0.05) is 35.9 Å². The van der Waals surface area contributed by atoms with Crippen LogP contribution in [0.1, 0.15) is 11.1 Å². The SMILES string of the molecule is Cc1ccc(NC(=O)CN2C(=O)N/C(=C/c3cn(C)c4ccccc34)C2=O)cc1. The van der Waals surface area contributed by atoms with Gasteiger partial charge in [0, 0.05) is 35.4 Å². The third-order valence-electron chi connectivity index (χ3n) is 4.83. The Morgan fingerprint density at radius 1 is 1.10 bits per heavy atom. The Kier molecular flexibility index (Phi) is 4.64. The van der Waals surface area contributed by atoms with Crippen molar-refractivity contribution in [1.29, 1.82) is 0 Å². The molecule has 1 saturated heterocycles. The summed E-state index contributed by atoms with van der Waals surface area (Å²) in [5, 5.41) is 6.23. The highest BCUT2D eigenvalue weighted by atomic mass is 16.2. The second kappa shape index (κ2) is 7.27. The van der Waals surface area contributed by atoms with E-state index in [1.54, 1.807) is 18.2 Å². The molecule has 0 aliphatic carbocycles. The molecular formula is C22H20N4O3. The molecule has 7 heteroatoms. The number of amides is 4. The van der Waals surface area contributed by atoms with E-state index in [1.165, 1.54) is 0 Å². The van der Waals surface area contributed by atoms with Gasteiger partial charge in [-0.05, 0) is 31.2 Å². The van der Waals surface area contributed by atoms with Gasteiger partial charge in [0.2, 0.25) is 5.91 Å². The van der Waals surface area contributed by atoms with Crippen LogP contribution in [0.4, 0.5) is 10.5 Å². The highest BCUT2D eigenvalue weighted by Crippen LogP contribution is 2.23. The summed E-state index contributed by atoms with van der Waals surface area (Å²) in [6.07, 6.45) is 3.53. The predicted octanol–water partition coefficient (Wildman–Crippen LogP) is 3.02. The van der Waals surface area contributed by atoms with Crippen LogP contribution >= 0.6 is 0 Å². The van der Waals surface area contributed by atoms with Crippen LogP contribution in [0, 0.1) is 6.92 Å². The molecule has 0 spiro atoms. The van der Waals surface area contributed by atoms with E-state index in [0.29, 0.717) is 5.69 Å². The van der Waals surface area contributed by atoms with Crippen molar-refractivity contribution in [1.82, 2.24) is 14.8 Å². The normalized spacial score (nSPS) is 15.2. The van der Waals surface area contributed by atoms with E-state index in [2.05, 4.69) is 10.6 Å². The van der Waals surface area contributed by atoms with Crippen LogP contribution < -0.4 is 10.6 Å². The summed E-state index contributed by atoms with van der Waals surface area (Å²) in [6, 6.07) is 14.5. The molecule has 0 saturated carbocycles. The molecular weight excluding hydrogens is 368 g/mol. The summed E-state index contributed by atoms with van der Waals surface area (Å²) in [5.41, 5.74) is 3.66. The second-order valence-corrected chi connectivity index (χ2v) is 7.01. The largest absolute Gasteiger partial charge is 0.350 e. The zero-order valence-electron chi connectivity index (χ0n) is 16.1. The van der Waals surface area contributed by atoms with E-state index in [-0.39, 0.29) is 12.2 Å². The smallest absolute Gasteiger partial charge is 0.329 e. The van der Waals surface area contributed by atoms with E-state index in [9.17, 15) is 14.4 Å². The Bertz CT molecular complexity index is 1160. The summed E-state index contributed by atoms with van der Waals surface area (Å²) >= 11 is 0. The van der Waals surface area contributed by atoms with E-state index in [4.69, 9.17) is 0 Å². The maximum absolute atomic E-state index is 12.7. The number of carbonyl (C=O) groups excluding carboxylic acids is 3. The second-order valence-electron chi connectivity index (χ2n) is 7.01. The fraction of sp³-hybridized carbons (Fsp3) is 0.136. The van der Waals surface area contributed by atoms with Gasteiger partial charge < -0.3 is 15.2 Å². The monoisotopic (exact) mass is 388 g/mol. The Labute approximate surface area is 167 Å². The molecule has 0 bridgehead atoms. The molecule has 4 rings (SSSR count). The number of rotatable bonds is 4. The van der Waals surface area contributed by atoms with Crippen molar-refractivity contribution in [3.63, 3.8) is 0 Å². The lowest BCUT2D eigenvalue weighted by molar-refractivity contribution is -0.127. The molecule has 1 aromatic heterocycles. The maximum atomic E-state index is 12.7. The summed E-state index contributed by atoms with van der Waals surface area (Å²) in [5.74, 6) is -0.967. The highest BCUT2D eigenvalue weighted by molar-refractivity contribution is 6.16. The lowest BCUT2D eigenvalue weighted by Crippen LogP contribution is -2.38. The molecule has 0 atom stereocenters. The quantitative estimate of drug-likeness (QED) is 0.532. The molecule has 3 aromatic rings. The number of benzene rings is 2. The molecule has 2 aromatic carbocycles. The van der Waals surface area contributed by atoms with Crippen molar-refractivity contribution in [2.24, 2.45) is 7.05 Å². The average Bonchev–Trinajstić information content (AvgIpc) is 3.15. The average molecular weight is 388 g/mol. The molecule has 1 fully saturated rings. The van der Waals surface area contributed by atoms with Crippen molar-refractivity contribution in [2.75, 3.05) is 11.9 Å². The number of hydrogen-bond donors (Lipinski definition) is 2. The molecule has 1 aliphatic rings. The Hall–Kier alpha value is -3.87. The summed E-state index contributed by atoms with van der Waals surface area (Å²) < 4.78 is 1.95. The van der Waals surface area contributed by atoms with Crippen LogP contribution in [-0.2, 0) is 16.6 Å². The lowest BCUT2D eigenvalue weighted by atomic mass is 10.1. The van der Waals surface area contributed by atoms with Crippen LogP contribution in [0.2, 0.25) is 0 Å². The zero-order valence-corrected chi connectivity index (χ0v) is 16.1. The Morgan fingerprint density at radius 2 is 1.83 bits per heavy atom. The van der Waals surface area contributed by atoms with Crippen LogP contribution in [0.3, 0.4) is 0 Å². The third kappa shape index (κ3) is 3.62. The number of nitrogens with zero attached hydrogens (tertiary/aromatic N) is 2. The number of urea groups is 1. The van der Waals surface area contributed by atoms with Gasteiger partial charge in [0.25, 0.3) is 5.91 Å². The third-order valence-corrected chi connectivity index (χ3v) is 4.83. The first-order chi connectivity index (χ1) is 13.9. The van der Waals surface area contributed by atoms with Crippen molar-refractivity contribution in [2.45, 2.75) is 6.92 Å². The first-order valence-corrected chi connectivity index (χ1v) is 9.17. The highest BCUT2D eigenvalue weighted by Gasteiger charge is 2.35. The van der Waals surface area contributed by atoms with E-state index < -0.39 is 17.8 Å². The number of carbonyl (C=O) groups is 3. The number of anilines is 1. The summed E-state index contributed by atoms with van der Waals surface area (Å²) in [7, 11) is 1.92. The zero-order chi connectivity index (χ0) is 20.5. The van der Waals surface area contributed by atoms with Crippen molar-refractivity contribution < 1.29 is 14.4 Å². The van der Waals surface area contributed by atoms with Gasteiger partial charge in [-0.15, -0.1) is 0 Å². The van der Waals surface area contributed by atoms with Gasteiger partial charge >= 0.3 is 6.03 Å². The van der Waals surface area contributed by atoms with Crippen molar-refractivity contribution >= 4 is 40.5 Å². The molecule has 1 aliphatic heterocycles. The molecule has 4 amide bonds. The van der Waals surface area contributed by atoms with Crippen LogP contribution in [-0.4, -0.2) is 33.9 Å². The van der Waals surface area contributed by atoms with Crippen LogP contribution in [0.5, 0.6) is 0 Å². The standard InChI is InChI=1S/C22H20N4O3/c1-14-7-9-16(10-8-14)23-20(27)13-26-21(28)18(24-22(26)29)11-15-12-25(2)19-6-4-3-5-17(15)19/h3-12H,13H2,1-2H3,(H,23,27)(H,24,29)/b18-11+. The molecule has 7 nitrogen and oxygen atoms in total. The fourth-order valence-electron chi connectivity index (χ4n) is 3.34. The van der Waals surface area contributed by atoms with E-state index in [1.807, 2.05) is 61.1 Å². The van der Waals surface area contributed by atoms with Gasteiger partial charge in [0.05, 0.1) is 0 Å². The molecule has 146 valence electrons. The van der Waals surface area contributed by atoms with Gasteiger partial charge in [-0.2, -0.15) is 0 Å². The van der Waals surface area contributed by atoms with Gasteiger partial charge in [-0.25, -0.2) is 9.69 Å². The van der Waals surface area contributed by atoms with Gasteiger partial charge in [-0.3, -0.25) is 9.59 Å². The number of aryl methyl sites for hydroxylation is 2. The minimum Gasteiger partial charge on any atom is -0.350 e. The number of fused-ring (bicyclic) bond motifs is 1. The Morgan fingerprint density at radius 3 is 2.59 bits per heavy atom. The fourth-order valence-corrected chi connectivity index (χ4v) is 3.34. The molecule has 0 radical (unpaired) electrons. The van der Waals surface area contributed by atoms with Crippen LogP contribution in [0.15, 0.2) is 60.4 Å². The molecule has 2 N–H and O–H groups in total. The first kappa shape index (κ1) is 18.5. The van der Waals surface area contributed by atoms with Gasteiger partial charge in [0.15, 0.2) is 0 Å².